The fourth-order valence-corrected chi connectivity index (χ4v) is 3.22. The zero-order valence-corrected chi connectivity index (χ0v) is 13.8. The molecule has 0 radical (unpaired) electrons. The Balaban J connectivity index is 1.67. The van der Waals surface area contributed by atoms with E-state index in [0.717, 1.165) is 12.8 Å². The molecule has 0 bridgehead atoms. The van der Waals surface area contributed by atoms with Crippen molar-refractivity contribution in [3.8, 4) is 0 Å². The summed E-state index contributed by atoms with van der Waals surface area (Å²) in [6.07, 6.45) is 2.15. The van der Waals surface area contributed by atoms with Gasteiger partial charge in [-0.25, -0.2) is 4.79 Å². The standard InChI is InChI=1S/C18H17NO4S/c20-14-7-1-2-8-15(14)23-18(22)12-5-3-6-13(11-12)19-17(21)16-9-4-10-24-16/h3-6,9-11,15H,1-2,7-8H2,(H,19,21)/t15-/m0/s1. The minimum Gasteiger partial charge on any atom is -0.451 e. The highest BCUT2D eigenvalue weighted by molar-refractivity contribution is 7.12. The highest BCUT2D eigenvalue weighted by atomic mass is 32.1. The minimum atomic E-state index is -0.643. The summed E-state index contributed by atoms with van der Waals surface area (Å²) in [4.78, 5) is 36.7. The van der Waals surface area contributed by atoms with Crippen molar-refractivity contribution >= 4 is 34.7 Å². The predicted octanol–water partition coefficient (Wildman–Crippen LogP) is 3.67. The Morgan fingerprint density at radius 2 is 2.04 bits per heavy atom. The average molecular weight is 343 g/mol. The fraction of sp³-hybridized carbons (Fsp3) is 0.278. The lowest BCUT2D eigenvalue weighted by molar-refractivity contribution is -0.129. The molecule has 2 aromatic rings. The maximum absolute atomic E-state index is 12.2. The van der Waals surface area contributed by atoms with Gasteiger partial charge in [-0.1, -0.05) is 12.1 Å². The SMILES string of the molecule is O=C(O[C@H]1CCCCC1=O)c1cccc(NC(=O)c2cccs2)c1. The third kappa shape index (κ3) is 3.89. The highest BCUT2D eigenvalue weighted by Crippen LogP contribution is 2.20. The van der Waals surface area contributed by atoms with E-state index < -0.39 is 12.1 Å². The molecule has 1 atom stereocenters. The second-order valence-corrected chi connectivity index (χ2v) is 6.57. The molecule has 1 N–H and O–H groups in total. The fourth-order valence-electron chi connectivity index (χ4n) is 2.60. The molecule has 1 fully saturated rings. The number of rotatable bonds is 4. The summed E-state index contributed by atoms with van der Waals surface area (Å²) >= 11 is 1.34. The molecule has 5 nitrogen and oxygen atoms in total. The van der Waals surface area contributed by atoms with Crippen molar-refractivity contribution in [1.82, 2.24) is 0 Å². The number of nitrogens with one attached hydrogen (secondary N) is 1. The number of hydrogen-bond acceptors (Lipinski definition) is 5. The van der Waals surface area contributed by atoms with Gasteiger partial charge in [0.05, 0.1) is 10.4 Å². The summed E-state index contributed by atoms with van der Waals surface area (Å²) in [5.74, 6) is -0.780. The molecule has 0 saturated heterocycles. The van der Waals surface area contributed by atoms with E-state index in [2.05, 4.69) is 5.32 Å². The molecule has 1 aromatic carbocycles. The van der Waals surface area contributed by atoms with Gasteiger partial charge in [0.1, 0.15) is 0 Å². The van der Waals surface area contributed by atoms with Crippen molar-refractivity contribution in [3.05, 3.63) is 52.2 Å². The molecule has 0 spiro atoms. The molecule has 24 heavy (non-hydrogen) atoms. The lowest BCUT2D eigenvalue weighted by Crippen LogP contribution is -2.30. The summed E-state index contributed by atoms with van der Waals surface area (Å²) in [5, 5.41) is 4.57. The number of thiophene rings is 1. The Labute approximate surface area is 143 Å². The molecule has 1 aromatic heterocycles. The first-order valence-corrected chi connectivity index (χ1v) is 8.70. The molecular weight excluding hydrogens is 326 g/mol. The maximum Gasteiger partial charge on any atom is 0.338 e. The Morgan fingerprint density at radius 1 is 1.17 bits per heavy atom. The van der Waals surface area contributed by atoms with Crippen molar-refractivity contribution in [2.75, 3.05) is 5.32 Å². The van der Waals surface area contributed by atoms with Crippen LogP contribution >= 0.6 is 11.3 Å². The molecule has 124 valence electrons. The van der Waals surface area contributed by atoms with Crippen LogP contribution in [-0.2, 0) is 9.53 Å². The van der Waals surface area contributed by atoms with Crippen LogP contribution in [0, 0.1) is 0 Å². The summed E-state index contributed by atoms with van der Waals surface area (Å²) in [5.41, 5.74) is 0.829. The second kappa shape index (κ2) is 7.40. The largest absolute Gasteiger partial charge is 0.451 e. The first-order valence-electron chi connectivity index (χ1n) is 7.82. The summed E-state index contributed by atoms with van der Waals surface area (Å²) in [6, 6.07) is 10.1. The molecule has 1 amide bonds. The van der Waals surface area contributed by atoms with Gasteiger partial charge in [0.2, 0.25) is 0 Å². The molecule has 1 aliphatic rings. The van der Waals surface area contributed by atoms with Crippen molar-refractivity contribution in [2.45, 2.75) is 31.8 Å². The maximum atomic E-state index is 12.2. The molecular formula is C18H17NO4S. The smallest absolute Gasteiger partial charge is 0.338 e. The number of benzene rings is 1. The van der Waals surface area contributed by atoms with Gasteiger partial charge in [0.25, 0.3) is 5.91 Å². The third-order valence-corrected chi connectivity index (χ3v) is 4.72. The van der Waals surface area contributed by atoms with E-state index in [1.807, 2.05) is 5.38 Å². The Bertz CT molecular complexity index is 754. The zero-order chi connectivity index (χ0) is 16.9. The van der Waals surface area contributed by atoms with Crippen LogP contribution in [0.3, 0.4) is 0 Å². The topological polar surface area (TPSA) is 72.5 Å². The highest BCUT2D eigenvalue weighted by Gasteiger charge is 2.26. The minimum absolute atomic E-state index is 0.0169. The van der Waals surface area contributed by atoms with Gasteiger partial charge < -0.3 is 10.1 Å². The Hall–Kier alpha value is -2.47. The van der Waals surface area contributed by atoms with Crippen LogP contribution in [0.5, 0.6) is 0 Å². The van der Waals surface area contributed by atoms with Crippen molar-refractivity contribution in [1.29, 1.82) is 0 Å². The van der Waals surface area contributed by atoms with E-state index in [1.165, 1.54) is 11.3 Å². The first-order chi connectivity index (χ1) is 11.6. The van der Waals surface area contributed by atoms with E-state index in [-0.39, 0.29) is 11.7 Å². The number of amides is 1. The molecule has 6 heteroatoms. The third-order valence-electron chi connectivity index (χ3n) is 3.85. The Kier molecular flexibility index (Phi) is 5.05. The molecule has 0 aliphatic heterocycles. The van der Waals surface area contributed by atoms with Gasteiger partial charge >= 0.3 is 5.97 Å². The normalized spacial score (nSPS) is 17.3. The summed E-state index contributed by atoms with van der Waals surface area (Å²) < 4.78 is 5.32. The van der Waals surface area contributed by atoms with Crippen molar-refractivity contribution < 1.29 is 19.1 Å². The van der Waals surface area contributed by atoms with Crippen LogP contribution in [0.2, 0.25) is 0 Å². The molecule has 1 saturated carbocycles. The van der Waals surface area contributed by atoms with Gasteiger partial charge in [-0.15, -0.1) is 11.3 Å². The monoisotopic (exact) mass is 343 g/mol. The van der Waals surface area contributed by atoms with Crippen LogP contribution in [0.25, 0.3) is 0 Å². The number of carbonyl (C=O) groups is 3. The van der Waals surface area contributed by atoms with Crippen LogP contribution < -0.4 is 5.32 Å². The van der Waals surface area contributed by atoms with Gasteiger partial charge in [-0.3, -0.25) is 9.59 Å². The molecule has 3 rings (SSSR count). The lowest BCUT2D eigenvalue weighted by atomic mass is 9.96. The van der Waals surface area contributed by atoms with Gasteiger partial charge in [-0.2, -0.15) is 0 Å². The number of esters is 1. The zero-order valence-electron chi connectivity index (χ0n) is 13.0. The van der Waals surface area contributed by atoms with Crippen LogP contribution in [-0.4, -0.2) is 23.8 Å². The number of ether oxygens (including phenoxy) is 1. The van der Waals surface area contributed by atoms with Crippen molar-refractivity contribution in [2.24, 2.45) is 0 Å². The van der Waals surface area contributed by atoms with Crippen LogP contribution in [0.15, 0.2) is 41.8 Å². The van der Waals surface area contributed by atoms with E-state index in [0.29, 0.717) is 29.0 Å². The molecule has 0 unspecified atom stereocenters. The Morgan fingerprint density at radius 3 is 2.79 bits per heavy atom. The summed E-state index contributed by atoms with van der Waals surface area (Å²) in [6.45, 7) is 0. The second-order valence-electron chi connectivity index (χ2n) is 5.62. The number of Topliss-reactive ketones (excluding diaryl/α,β-unsaturated/α-hetero) is 1. The summed E-state index contributed by atoms with van der Waals surface area (Å²) in [7, 11) is 0. The van der Waals surface area contributed by atoms with Crippen LogP contribution in [0.4, 0.5) is 5.69 Å². The number of carbonyl (C=O) groups excluding carboxylic acids is 3. The number of anilines is 1. The van der Waals surface area contributed by atoms with Gasteiger partial charge in [0.15, 0.2) is 11.9 Å². The van der Waals surface area contributed by atoms with E-state index in [9.17, 15) is 14.4 Å². The van der Waals surface area contributed by atoms with E-state index in [4.69, 9.17) is 4.74 Å². The van der Waals surface area contributed by atoms with Crippen molar-refractivity contribution in [3.63, 3.8) is 0 Å². The molecule has 1 heterocycles. The predicted molar refractivity (Wildman–Crippen MR) is 91.4 cm³/mol. The average Bonchev–Trinajstić information content (AvgIpc) is 3.12. The number of hydrogen-bond donors (Lipinski definition) is 1. The number of ketones is 1. The van der Waals surface area contributed by atoms with E-state index >= 15 is 0 Å². The van der Waals surface area contributed by atoms with Gasteiger partial charge in [-0.05, 0) is 48.9 Å². The first kappa shape index (κ1) is 16.4. The van der Waals surface area contributed by atoms with Crippen LogP contribution in [0.1, 0.15) is 45.7 Å². The van der Waals surface area contributed by atoms with E-state index in [1.54, 1.807) is 36.4 Å². The van der Waals surface area contributed by atoms with Gasteiger partial charge in [0, 0.05) is 12.1 Å². The molecule has 1 aliphatic carbocycles. The lowest BCUT2D eigenvalue weighted by Gasteiger charge is -2.20. The quantitative estimate of drug-likeness (QED) is 0.860.